The zero-order chi connectivity index (χ0) is 18.6. The number of rotatable bonds is 5. The molecule has 1 atom stereocenters. The summed E-state index contributed by atoms with van der Waals surface area (Å²) >= 11 is 5.89. The summed E-state index contributed by atoms with van der Waals surface area (Å²) in [6, 6.07) is 6.35. The highest BCUT2D eigenvalue weighted by Gasteiger charge is 2.36. The second kappa shape index (κ2) is 8.34. The molecule has 1 aliphatic heterocycles. The first-order valence-electron chi connectivity index (χ1n) is 8.40. The van der Waals surface area contributed by atoms with E-state index in [-0.39, 0.29) is 30.2 Å². The molecule has 6 nitrogen and oxygen atoms in total. The van der Waals surface area contributed by atoms with Gasteiger partial charge in [-0.25, -0.2) is 0 Å². The highest BCUT2D eigenvalue weighted by atomic mass is 35.5. The average Bonchev–Trinajstić information content (AvgIpc) is 3.02. The molecule has 7 heteroatoms. The maximum absolute atomic E-state index is 12.7. The summed E-state index contributed by atoms with van der Waals surface area (Å²) in [5.41, 5.74) is 0.579. The second-order valence-electron chi connectivity index (χ2n) is 6.60. The van der Waals surface area contributed by atoms with Crippen LogP contribution >= 0.6 is 11.6 Å². The molecule has 1 unspecified atom stereocenters. The number of nitrogens with one attached hydrogen (secondary N) is 1. The van der Waals surface area contributed by atoms with Crippen molar-refractivity contribution in [3.05, 3.63) is 29.3 Å². The number of amides is 3. The lowest BCUT2D eigenvalue weighted by atomic mass is 10.1. The predicted molar refractivity (Wildman–Crippen MR) is 97.3 cm³/mol. The first kappa shape index (κ1) is 19.2. The van der Waals surface area contributed by atoms with Gasteiger partial charge in [-0.15, -0.1) is 0 Å². The second-order valence-corrected chi connectivity index (χ2v) is 7.03. The number of likely N-dealkylation sites (tertiary alicyclic amines) is 1. The molecule has 2 rings (SSSR count). The van der Waals surface area contributed by atoms with Gasteiger partial charge in [0.1, 0.15) is 6.04 Å². The van der Waals surface area contributed by atoms with Crippen LogP contribution in [0.1, 0.15) is 26.7 Å². The van der Waals surface area contributed by atoms with Crippen LogP contribution in [0, 0.1) is 5.92 Å². The van der Waals surface area contributed by atoms with Gasteiger partial charge >= 0.3 is 0 Å². The zero-order valence-corrected chi connectivity index (χ0v) is 15.5. The first-order valence-corrected chi connectivity index (χ1v) is 8.78. The summed E-state index contributed by atoms with van der Waals surface area (Å²) in [4.78, 5) is 40.1. The van der Waals surface area contributed by atoms with Crippen molar-refractivity contribution in [3.63, 3.8) is 0 Å². The molecular formula is C18H24ClN3O3. The van der Waals surface area contributed by atoms with Crippen LogP contribution in [0.2, 0.25) is 5.02 Å². The minimum absolute atomic E-state index is 0.0207. The topological polar surface area (TPSA) is 69.7 Å². The largest absolute Gasteiger partial charge is 0.335 e. The summed E-state index contributed by atoms with van der Waals surface area (Å²) in [6.07, 6.45) is 1.44. The van der Waals surface area contributed by atoms with Gasteiger partial charge in [-0.05, 0) is 31.0 Å². The fourth-order valence-electron chi connectivity index (χ4n) is 2.93. The number of anilines is 1. The van der Waals surface area contributed by atoms with Crippen LogP contribution < -0.4 is 5.32 Å². The van der Waals surface area contributed by atoms with Gasteiger partial charge in [-0.1, -0.05) is 31.5 Å². The average molecular weight is 366 g/mol. The molecule has 1 saturated heterocycles. The predicted octanol–water partition coefficient (Wildman–Crippen LogP) is 2.38. The SMILES string of the molecule is CC(C)C(=O)N1CCCC1C(=O)N(C)CC(=O)Nc1cccc(Cl)c1. The molecule has 3 amide bonds. The fourth-order valence-corrected chi connectivity index (χ4v) is 3.12. The van der Waals surface area contributed by atoms with Crippen molar-refractivity contribution >= 4 is 35.0 Å². The Morgan fingerprint density at radius 1 is 1.36 bits per heavy atom. The number of nitrogens with zero attached hydrogens (tertiary/aromatic N) is 2. The molecule has 0 aromatic heterocycles. The fraction of sp³-hybridized carbons (Fsp3) is 0.500. The molecule has 1 fully saturated rings. The van der Waals surface area contributed by atoms with E-state index >= 15 is 0 Å². The number of carbonyl (C=O) groups excluding carboxylic acids is 3. The van der Waals surface area contributed by atoms with Crippen LogP contribution in [-0.2, 0) is 14.4 Å². The molecule has 1 N–H and O–H groups in total. The van der Waals surface area contributed by atoms with Crippen molar-refractivity contribution < 1.29 is 14.4 Å². The van der Waals surface area contributed by atoms with E-state index in [2.05, 4.69) is 5.32 Å². The van der Waals surface area contributed by atoms with Crippen molar-refractivity contribution in [2.45, 2.75) is 32.7 Å². The molecule has 0 aliphatic carbocycles. The summed E-state index contributed by atoms with van der Waals surface area (Å²) in [6.45, 7) is 4.16. The van der Waals surface area contributed by atoms with Crippen LogP contribution in [0.15, 0.2) is 24.3 Å². The van der Waals surface area contributed by atoms with Crippen LogP contribution in [-0.4, -0.2) is 53.7 Å². The summed E-state index contributed by atoms with van der Waals surface area (Å²) in [5.74, 6) is -0.678. The number of halogens is 1. The molecule has 0 radical (unpaired) electrons. The van der Waals surface area contributed by atoms with Gasteiger partial charge in [0, 0.05) is 30.2 Å². The van der Waals surface area contributed by atoms with Gasteiger partial charge < -0.3 is 15.1 Å². The Balaban J connectivity index is 1.95. The number of hydrogen-bond donors (Lipinski definition) is 1. The number of likely N-dealkylation sites (N-methyl/N-ethyl adjacent to an activating group) is 1. The Hall–Kier alpha value is -2.08. The molecule has 0 bridgehead atoms. The normalized spacial score (nSPS) is 16.8. The van der Waals surface area contributed by atoms with Gasteiger partial charge in [0.05, 0.1) is 6.54 Å². The standard InChI is InChI=1S/C18H24ClN3O3/c1-12(2)17(24)22-9-5-8-15(22)18(25)21(3)11-16(23)20-14-7-4-6-13(19)10-14/h4,6-7,10,12,15H,5,8-9,11H2,1-3H3,(H,20,23). The van der Waals surface area contributed by atoms with E-state index in [0.29, 0.717) is 23.7 Å². The van der Waals surface area contributed by atoms with E-state index < -0.39 is 6.04 Å². The van der Waals surface area contributed by atoms with Crippen LogP contribution in [0.5, 0.6) is 0 Å². The van der Waals surface area contributed by atoms with Gasteiger partial charge in [0.2, 0.25) is 17.7 Å². The maximum atomic E-state index is 12.7. The van der Waals surface area contributed by atoms with E-state index in [1.54, 1.807) is 36.2 Å². The molecule has 25 heavy (non-hydrogen) atoms. The minimum atomic E-state index is -0.473. The minimum Gasteiger partial charge on any atom is -0.335 e. The Labute approximate surface area is 153 Å². The zero-order valence-electron chi connectivity index (χ0n) is 14.8. The molecule has 1 aliphatic rings. The van der Waals surface area contributed by atoms with Crippen LogP contribution in [0.4, 0.5) is 5.69 Å². The monoisotopic (exact) mass is 365 g/mol. The molecular weight excluding hydrogens is 342 g/mol. The maximum Gasteiger partial charge on any atom is 0.245 e. The summed E-state index contributed by atoms with van der Waals surface area (Å²) in [5, 5.41) is 3.24. The molecule has 136 valence electrons. The summed E-state index contributed by atoms with van der Waals surface area (Å²) in [7, 11) is 1.58. The highest BCUT2D eigenvalue weighted by Crippen LogP contribution is 2.21. The van der Waals surface area contributed by atoms with Crippen molar-refractivity contribution in [2.75, 3.05) is 25.5 Å². The lowest BCUT2D eigenvalue weighted by Gasteiger charge is -2.29. The number of hydrogen-bond acceptors (Lipinski definition) is 3. The molecule has 0 spiro atoms. The van der Waals surface area contributed by atoms with E-state index in [1.165, 1.54) is 4.90 Å². The van der Waals surface area contributed by atoms with Crippen LogP contribution in [0.25, 0.3) is 0 Å². The van der Waals surface area contributed by atoms with Gasteiger partial charge in [0.25, 0.3) is 0 Å². The smallest absolute Gasteiger partial charge is 0.245 e. The van der Waals surface area contributed by atoms with Gasteiger partial charge in [-0.3, -0.25) is 14.4 Å². The Morgan fingerprint density at radius 3 is 2.72 bits per heavy atom. The number of carbonyl (C=O) groups is 3. The van der Waals surface area contributed by atoms with Crippen molar-refractivity contribution in [3.8, 4) is 0 Å². The van der Waals surface area contributed by atoms with Gasteiger partial charge in [-0.2, -0.15) is 0 Å². The Bertz CT molecular complexity index is 663. The van der Waals surface area contributed by atoms with Crippen molar-refractivity contribution in [1.82, 2.24) is 9.80 Å². The Morgan fingerprint density at radius 2 is 2.08 bits per heavy atom. The lowest BCUT2D eigenvalue weighted by Crippen LogP contribution is -2.49. The quantitative estimate of drug-likeness (QED) is 0.871. The van der Waals surface area contributed by atoms with Crippen LogP contribution in [0.3, 0.4) is 0 Å². The van der Waals surface area contributed by atoms with E-state index in [4.69, 9.17) is 11.6 Å². The van der Waals surface area contributed by atoms with E-state index in [9.17, 15) is 14.4 Å². The third-order valence-electron chi connectivity index (χ3n) is 4.18. The van der Waals surface area contributed by atoms with Crippen molar-refractivity contribution in [1.29, 1.82) is 0 Å². The summed E-state index contributed by atoms with van der Waals surface area (Å²) < 4.78 is 0. The van der Waals surface area contributed by atoms with Gasteiger partial charge in [0.15, 0.2) is 0 Å². The third kappa shape index (κ3) is 4.95. The van der Waals surface area contributed by atoms with E-state index in [0.717, 1.165) is 6.42 Å². The molecule has 1 heterocycles. The third-order valence-corrected chi connectivity index (χ3v) is 4.42. The molecule has 1 aromatic carbocycles. The molecule has 1 aromatic rings. The van der Waals surface area contributed by atoms with Crippen molar-refractivity contribution in [2.24, 2.45) is 5.92 Å². The highest BCUT2D eigenvalue weighted by molar-refractivity contribution is 6.30. The lowest BCUT2D eigenvalue weighted by molar-refractivity contribution is -0.145. The molecule has 0 saturated carbocycles. The Kier molecular flexibility index (Phi) is 6.42. The first-order chi connectivity index (χ1) is 11.8. The number of benzene rings is 1. The van der Waals surface area contributed by atoms with E-state index in [1.807, 2.05) is 13.8 Å².